The molecule has 2 aromatic carbocycles. The summed E-state index contributed by atoms with van der Waals surface area (Å²) in [6.45, 7) is 3.94. The first kappa shape index (κ1) is 18.3. The van der Waals surface area contributed by atoms with E-state index >= 15 is 0 Å². The molecule has 0 atom stereocenters. The zero-order valence-corrected chi connectivity index (χ0v) is 14.6. The predicted molar refractivity (Wildman–Crippen MR) is 99.3 cm³/mol. The number of hydrogen-bond donors (Lipinski definition) is 2. The standard InChI is InChI=1S/C21H22O4/c1-14(2)4-10-18-20(25-3)13-11-17(21(18)24)19(23)12-7-15-5-8-16(22)9-6-15/h4-9,11-13,22,24H,10H2,1-3H3. The topological polar surface area (TPSA) is 66.8 Å². The molecule has 0 aliphatic heterocycles. The van der Waals surface area contributed by atoms with Crippen molar-refractivity contribution in [3.05, 3.63) is 70.8 Å². The van der Waals surface area contributed by atoms with Crippen LogP contribution >= 0.6 is 0 Å². The summed E-state index contributed by atoms with van der Waals surface area (Å²) in [6, 6.07) is 9.75. The Kier molecular flexibility index (Phi) is 6.01. The van der Waals surface area contributed by atoms with Crippen LogP contribution in [0.25, 0.3) is 6.08 Å². The van der Waals surface area contributed by atoms with Gasteiger partial charge in [-0.15, -0.1) is 0 Å². The fraction of sp³-hybridized carbons (Fsp3) is 0.190. The number of carbonyl (C=O) groups is 1. The molecule has 0 saturated carbocycles. The fourth-order valence-corrected chi connectivity index (χ4v) is 2.36. The SMILES string of the molecule is COc1ccc(C(=O)C=Cc2ccc(O)cc2)c(O)c1CC=C(C)C. The molecule has 4 nitrogen and oxygen atoms in total. The van der Waals surface area contributed by atoms with Crippen molar-refractivity contribution < 1.29 is 19.7 Å². The Morgan fingerprint density at radius 2 is 1.76 bits per heavy atom. The van der Waals surface area contributed by atoms with E-state index in [0.29, 0.717) is 17.7 Å². The minimum absolute atomic E-state index is 0.0581. The van der Waals surface area contributed by atoms with Gasteiger partial charge in [-0.05, 0) is 56.2 Å². The van der Waals surface area contributed by atoms with E-state index in [1.807, 2.05) is 19.9 Å². The summed E-state index contributed by atoms with van der Waals surface area (Å²) in [5.74, 6) is 0.359. The summed E-state index contributed by atoms with van der Waals surface area (Å²) < 4.78 is 5.29. The fourth-order valence-electron chi connectivity index (χ4n) is 2.36. The van der Waals surface area contributed by atoms with Crippen LogP contribution in [-0.4, -0.2) is 23.1 Å². The molecule has 2 N–H and O–H groups in total. The number of aromatic hydroxyl groups is 2. The summed E-state index contributed by atoms with van der Waals surface area (Å²) in [5, 5.41) is 19.8. The monoisotopic (exact) mass is 338 g/mol. The van der Waals surface area contributed by atoms with Crippen LogP contribution < -0.4 is 4.74 Å². The van der Waals surface area contributed by atoms with Crippen LogP contribution in [0.2, 0.25) is 0 Å². The number of phenolic OH excluding ortho intramolecular Hbond substituents is 2. The van der Waals surface area contributed by atoms with E-state index in [1.165, 1.54) is 13.2 Å². The lowest BCUT2D eigenvalue weighted by molar-refractivity contribution is 0.104. The lowest BCUT2D eigenvalue weighted by Gasteiger charge is -2.12. The number of allylic oxidation sites excluding steroid dienone is 3. The van der Waals surface area contributed by atoms with Crippen LogP contribution in [0.4, 0.5) is 0 Å². The van der Waals surface area contributed by atoms with Gasteiger partial charge in [0.05, 0.1) is 12.7 Å². The quantitative estimate of drug-likeness (QED) is 0.462. The van der Waals surface area contributed by atoms with Gasteiger partial charge in [-0.1, -0.05) is 29.9 Å². The van der Waals surface area contributed by atoms with Gasteiger partial charge in [0.1, 0.15) is 17.2 Å². The van der Waals surface area contributed by atoms with Gasteiger partial charge < -0.3 is 14.9 Å². The molecule has 130 valence electrons. The minimum Gasteiger partial charge on any atom is -0.508 e. The van der Waals surface area contributed by atoms with Gasteiger partial charge in [0.2, 0.25) is 0 Å². The number of rotatable bonds is 6. The Labute approximate surface area is 147 Å². The first-order chi connectivity index (χ1) is 11.9. The number of benzene rings is 2. The van der Waals surface area contributed by atoms with Crippen LogP contribution in [0.5, 0.6) is 17.2 Å². The number of ketones is 1. The molecule has 4 heteroatoms. The summed E-state index contributed by atoms with van der Waals surface area (Å²) in [5.41, 5.74) is 2.72. The van der Waals surface area contributed by atoms with Gasteiger partial charge in [0.15, 0.2) is 5.78 Å². The average molecular weight is 338 g/mol. The van der Waals surface area contributed by atoms with Crippen molar-refractivity contribution in [1.29, 1.82) is 0 Å². The molecular weight excluding hydrogens is 316 g/mol. The van der Waals surface area contributed by atoms with Crippen LogP contribution in [0.3, 0.4) is 0 Å². The highest BCUT2D eigenvalue weighted by atomic mass is 16.5. The highest BCUT2D eigenvalue weighted by molar-refractivity contribution is 6.09. The van der Waals surface area contributed by atoms with E-state index in [0.717, 1.165) is 11.1 Å². The molecule has 0 spiro atoms. The first-order valence-corrected chi connectivity index (χ1v) is 7.96. The molecule has 25 heavy (non-hydrogen) atoms. The highest BCUT2D eigenvalue weighted by Crippen LogP contribution is 2.32. The van der Waals surface area contributed by atoms with Crippen molar-refractivity contribution in [2.75, 3.05) is 7.11 Å². The Morgan fingerprint density at radius 3 is 2.36 bits per heavy atom. The molecule has 0 aliphatic carbocycles. The lowest BCUT2D eigenvalue weighted by atomic mass is 10.0. The van der Waals surface area contributed by atoms with Gasteiger partial charge in [0, 0.05) is 5.56 Å². The number of hydrogen-bond acceptors (Lipinski definition) is 4. The smallest absolute Gasteiger partial charge is 0.189 e. The number of ether oxygens (including phenoxy) is 1. The van der Waals surface area contributed by atoms with E-state index in [-0.39, 0.29) is 22.8 Å². The summed E-state index contributed by atoms with van der Waals surface area (Å²) in [7, 11) is 1.53. The highest BCUT2D eigenvalue weighted by Gasteiger charge is 2.16. The third kappa shape index (κ3) is 4.73. The molecule has 0 radical (unpaired) electrons. The second kappa shape index (κ2) is 8.20. The second-order valence-corrected chi connectivity index (χ2v) is 5.92. The molecule has 0 fully saturated rings. The first-order valence-electron chi connectivity index (χ1n) is 7.96. The molecule has 0 amide bonds. The molecule has 0 aromatic heterocycles. The maximum absolute atomic E-state index is 12.4. The summed E-state index contributed by atoms with van der Waals surface area (Å²) in [4.78, 5) is 12.4. The minimum atomic E-state index is -0.299. The third-order valence-corrected chi connectivity index (χ3v) is 3.76. The molecule has 2 rings (SSSR count). The van der Waals surface area contributed by atoms with Gasteiger partial charge in [-0.2, -0.15) is 0 Å². The number of methoxy groups -OCH3 is 1. The molecule has 2 aromatic rings. The molecule has 0 bridgehead atoms. The lowest BCUT2D eigenvalue weighted by Crippen LogP contribution is -2.00. The van der Waals surface area contributed by atoms with Crippen molar-refractivity contribution in [2.24, 2.45) is 0 Å². The van der Waals surface area contributed by atoms with Crippen LogP contribution in [0.15, 0.2) is 54.1 Å². The molecule has 0 saturated heterocycles. The van der Waals surface area contributed by atoms with Gasteiger partial charge in [-0.25, -0.2) is 0 Å². The van der Waals surface area contributed by atoms with Crippen molar-refractivity contribution in [3.63, 3.8) is 0 Å². The molecular formula is C21H22O4. The van der Waals surface area contributed by atoms with E-state index < -0.39 is 0 Å². The zero-order chi connectivity index (χ0) is 18.4. The summed E-state index contributed by atoms with van der Waals surface area (Å²) >= 11 is 0. The Bertz CT molecular complexity index is 811. The van der Waals surface area contributed by atoms with Gasteiger partial charge in [0.25, 0.3) is 0 Å². The molecule has 0 aliphatic rings. The predicted octanol–water partition coefficient (Wildman–Crippen LogP) is 4.51. The maximum Gasteiger partial charge on any atom is 0.189 e. The molecule has 0 heterocycles. The Morgan fingerprint density at radius 1 is 1.08 bits per heavy atom. The van der Waals surface area contributed by atoms with Gasteiger partial charge >= 0.3 is 0 Å². The normalized spacial score (nSPS) is 10.7. The van der Waals surface area contributed by atoms with Crippen molar-refractivity contribution in [2.45, 2.75) is 20.3 Å². The second-order valence-electron chi connectivity index (χ2n) is 5.92. The largest absolute Gasteiger partial charge is 0.508 e. The number of phenols is 2. The van der Waals surface area contributed by atoms with Crippen molar-refractivity contribution in [3.8, 4) is 17.2 Å². The van der Waals surface area contributed by atoms with E-state index in [1.54, 1.807) is 42.5 Å². The van der Waals surface area contributed by atoms with E-state index in [2.05, 4.69) is 0 Å². The maximum atomic E-state index is 12.4. The average Bonchev–Trinajstić information content (AvgIpc) is 2.59. The van der Waals surface area contributed by atoms with Gasteiger partial charge in [-0.3, -0.25) is 4.79 Å². The Hall–Kier alpha value is -3.01. The zero-order valence-electron chi connectivity index (χ0n) is 14.6. The van der Waals surface area contributed by atoms with Crippen LogP contribution in [0, 0.1) is 0 Å². The van der Waals surface area contributed by atoms with E-state index in [4.69, 9.17) is 4.74 Å². The molecule has 0 unspecified atom stereocenters. The van der Waals surface area contributed by atoms with Crippen LogP contribution in [0.1, 0.15) is 35.3 Å². The van der Waals surface area contributed by atoms with Crippen molar-refractivity contribution in [1.82, 2.24) is 0 Å². The van der Waals surface area contributed by atoms with Crippen molar-refractivity contribution >= 4 is 11.9 Å². The Balaban J connectivity index is 2.31. The van der Waals surface area contributed by atoms with E-state index in [9.17, 15) is 15.0 Å². The number of carbonyl (C=O) groups excluding carboxylic acids is 1. The third-order valence-electron chi connectivity index (χ3n) is 3.76. The van der Waals surface area contributed by atoms with Crippen LogP contribution in [-0.2, 0) is 6.42 Å². The summed E-state index contributed by atoms with van der Waals surface area (Å²) in [6.07, 6.45) is 5.50.